The Labute approximate surface area is 115 Å². The summed E-state index contributed by atoms with van der Waals surface area (Å²) in [4.78, 5) is 21.9. The first-order valence-corrected chi connectivity index (χ1v) is 6.19. The molecule has 0 fully saturated rings. The van der Waals surface area contributed by atoms with Crippen molar-refractivity contribution in [3.05, 3.63) is 21.1 Å². The third kappa shape index (κ3) is 4.17. The molecule has 1 N–H and O–H groups in total. The maximum Gasteiger partial charge on any atom is 0.405 e. The van der Waals surface area contributed by atoms with E-state index < -0.39 is 42.3 Å². The number of rotatable bonds is 6. The zero-order valence-corrected chi connectivity index (χ0v) is 11.1. The van der Waals surface area contributed by atoms with Gasteiger partial charge in [0.15, 0.2) is 10.8 Å². The number of anilines is 1. The van der Waals surface area contributed by atoms with Crippen LogP contribution in [0.25, 0.3) is 0 Å². The number of nitro groups is 1. The van der Waals surface area contributed by atoms with E-state index in [2.05, 4.69) is 0 Å². The molecule has 20 heavy (non-hydrogen) atoms. The van der Waals surface area contributed by atoms with Crippen molar-refractivity contribution in [2.24, 2.45) is 0 Å². The summed E-state index contributed by atoms with van der Waals surface area (Å²) in [5, 5.41) is 19.4. The molecule has 6 nitrogen and oxygen atoms in total. The van der Waals surface area contributed by atoms with E-state index in [4.69, 9.17) is 5.11 Å². The van der Waals surface area contributed by atoms with E-state index in [-0.39, 0.29) is 9.88 Å². The smallest absolute Gasteiger partial charge is 0.395 e. The monoisotopic (exact) mass is 312 g/mol. The molecule has 0 saturated carbocycles. The highest BCUT2D eigenvalue weighted by Gasteiger charge is 2.34. The van der Waals surface area contributed by atoms with Crippen molar-refractivity contribution in [1.82, 2.24) is 0 Å². The van der Waals surface area contributed by atoms with Crippen LogP contribution in [0.5, 0.6) is 0 Å². The summed E-state index contributed by atoms with van der Waals surface area (Å²) < 4.78 is 37.4. The molecule has 1 aromatic rings. The molecule has 0 spiro atoms. The van der Waals surface area contributed by atoms with Crippen LogP contribution in [0.3, 0.4) is 0 Å². The van der Waals surface area contributed by atoms with Gasteiger partial charge in [0.1, 0.15) is 6.54 Å². The third-order valence-corrected chi connectivity index (χ3v) is 3.55. The third-order valence-electron chi connectivity index (χ3n) is 2.26. The minimum Gasteiger partial charge on any atom is -0.395 e. The molecule has 0 aliphatic carbocycles. The fraction of sp³-hybridized carbons (Fsp3) is 0.500. The van der Waals surface area contributed by atoms with Crippen molar-refractivity contribution in [3.63, 3.8) is 0 Å². The highest BCUT2D eigenvalue weighted by molar-refractivity contribution is 7.18. The number of aliphatic hydroxyl groups is 1. The first-order valence-electron chi connectivity index (χ1n) is 5.37. The lowest BCUT2D eigenvalue weighted by atomic mass is 10.3. The Hall–Kier alpha value is -1.68. The topological polar surface area (TPSA) is 83.7 Å². The number of hydrogen-bond acceptors (Lipinski definition) is 6. The van der Waals surface area contributed by atoms with Crippen LogP contribution < -0.4 is 4.90 Å². The molecule has 112 valence electrons. The molecule has 0 aromatic carbocycles. The second-order valence-electron chi connectivity index (χ2n) is 3.87. The fourth-order valence-electron chi connectivity index (χ4n) is 1.49. The molecule has 0 saturated heterocycles. The first kappa shape index (κ1) is 16.4. The quantitative estimate of drug-likeness (QED) is 0.495. The predicted molar refractivity (Wildman–Crippen MR) is 66.3 cm³/mol. The van der Waals surface area contributed by atoms with Gasteiger partial charge in [0.25, 0.3) is 0 Å². The zero-order chi connectivity index (χ0) is 15.5. The van der Waals surface area contributed by atoms with Crippen LogP contribution in [0.1, 0.15) is 16.6 Å². The minimum absolute atomic E-state index is 0.00295. The van der Waals surface area contributed by atoms with Gasteiger partial charge in [-0.15, -0.1) is 11.3 Å². The van der Waals surface area contributed by atoms with Crippen LogP contribution in [0.4, 0.5) is 23.9 Å². The van der Waals surface area contributed by atoms with Crippen molar-refractivity contribution in [3.8, 4) is 0 Å². The summed E-state index contributed by atoms with van der Waals surface area (Å²) in [6.07, 6.45) is -4.58. The fourth-order valence-corrected chi connectivity index (χ4v) is 2.54. The van der Waals surface area contributed by atoms with Gasteiger partial charge in [-0.25, -0.2) is 0 Å². The van der Waals surface area contributed by atoms with Crippen LogP contribution in [0.2, 0.25) is 0 Å². The Morgan fingerprint density at radius 3 is 2.55 bits per heavy atom. The van der Waals surface area contributed by atoms with Gasteiger partial charge < -0.3 is 10.0 Å². The number of Topliss-reactive ketones (excluding diaryl/α,β-unsaturated/α-hetero) is 1. The summed E-state index contributed by atoms with van der Waals surface area (Å²) in [7, 11) is 0. The Balaban J connectivity index is 3.23. The molecule has 0 atom stereocenters. The van der Waals surface area contributed by atoms with Gasteiger partial charge in [0.05, 0.1) is 16.4 Å². The summed E-state index contributed by atoms with van der Waals surface area (Å²) in [6, 6.07) is 0.948. The molecule has 1 aromatic heterocycles. The Kier molecular flexibility index (Phi) is 5.06. The zero-order valence-electron chi connectivity index (χ0n) is 10.3. The normalized spacial score (nSPS) is 11.4. The summed E-state index contributed by atoms with van der Waals surface area (Å²) in [5.74, 6) is -0.472. The molecule has 0 amide bonds. The van der Waals surface area contributed by atoms with E-state index in [1.165, 1.54) is 6.92 Å². The van der Waals surface area contributed by atoms with Gasteiger partial charge in [-0.1, -0.05) is 0 Å². The van der Waals surface area contributed by atoms with Crippen molar-refractivity contribution in [1.29, 1.82) is 0 Å². The molecule has 1 rings (SSSR count). The Morgan fingerprint density at radius 1 is 1.55 bits per heavy atom. The number of carbonyl (C=O) groups is 1. The molecule has 0 radical (unpaired) electrons. The average molecular weight is 312 g/mol. The predicted octanol–water partition coefficient (Wildman–Crippen LogP) is 2.22. The van der Waals surface area contributed by atoms with E-state index in [1.807, 2.05) is 0 Å². The van der Waals surface area contributed by atoms with Crippen LogP contribution in [0.15, 0.2) is 6.07 Å². The molecule has 0 unspecified atom stereocenters. The van der Waals surface area contributed by atoms with Gasteiger partial charge in [0, 0.05) is 12.6 Å². The van der Waals surface area contributed by atoms with Crippen LogP contribution in [-0.4, -0.2) is 41.7 Å². The number of carbonyl (C=O) groups excluding carboxylic acids is 1. The van der Waals surface area contributed by atoms with Crippen LogP contribution >= 0.6 is 11.3 Å². The van der Waals surface area contributed by atoms with E-state index >= 15 is 0 Å². The summed E-state index contributed by atoms with van der Waals surface area (Å²) >= 11 is 0.608. The lowest BCUT2D eigenvalue weighted by Gasteiger charge is -2.22. The molecular formula is C10H11F3N2O4S. The Bertz CT molecular complexity index is 515. The van der Waals surface area contributed by atoms with Crippen LogP contribution in [0, 0.1) is 10.1 Å². The number of ketones is 1. The molecular weight excluding hydrogens is 301 g/mol. The first-order chi connectivity index (χ1) is 9.15. The van der Waals surface area contributed by atoms with Gasteiger partial charge in [-0.2, -0.15) is 13.2 Å². The number of hydrogen-bond donors (Lipinski definition) is 1. The van der Waals surface area contributed by atoms with Crippen molar-refractivity contribution >= 4 is 27.8 Å². The van der Waals surface area contributed by atoms with Crippen molar-refractivity contribution in [2.45, 2.75) is 13.1 Å². The van der Waals surface area contributed by atoms with Crippen molar-refractivity contribution in [2.75, 3.05) is 24.6 Å². The van der Waals surface area contributed by atoms with Crippen LogP contribution in [-0.2, 0) is 0 Å². The van der Waals surface area contributed by atoms with E-state index in [9.17, 15) is 28.1 Å². The highest BCUT2D eigenvalue weighted by Crippen LogP contribution is 2.39. The van der Waals surface area contributed by atoms with Crippen molar-refractivity contribution < 1.29 is 28.0 Å². The summed E-state index contributed by atoms with van der Waals surface area (Å²) in [6.45, 7) is -1.29. The van der Waals surface area contributed by atoms with Gasteiger partial charge in [-0.05, 0) is 6.92 Å². The standard InChI is InChI=1S/C10H11F3N2O4S/c1-6(17)8-4-7(15(18)19)9(20-8)14(2-3-16)5-10(11,12)13/h4,16H,2-3,5H2,1H3. The number of nitrogens with zero attached hydrogens (tertiary/aromatic N) is 2. The molecule has 1 heterocycles. The second kappa shape index (κ2) is 6.18. The number of thiophene rings is 1. The number of aliphatic hydroxyl groups excluding tert-OH is 1. The Morgan fingerprint density at radius 2 is 2.15 bits per heavy atom. The number of halogens is 3. The SMILES string of the molecule is CC(=O)c1cc([N+](=O)[O-])c(N(CCO)CC(F)(F)F)s1. The number of alkyl halides is 3. The maximum atomic E-state index is 12.5. The van der Waals surface area contributed by atoms with E-state index in [0.717, 1.165) is 6.07 Å². The summed E-state index contributed by atoms with van der Waals surface area (Å²) in [5.41, 5.74) is -0.571. The second-order valence-corrected chi connectivity index (χ2v) is 4.91. The lowest BCUT2D eigenvalue weighted by Crippen LogP contribution is -2.36. The van der Waals surface area contributed by atoms with Gasteiger partial charge in [0.2, 0.25) is 0 Å². The van der Waals surface area contributed by atoms with Gasteiger partial charge in [-0.3, -0.25) is 14.9 Å². The molecule has 0 bridgehead atoms. The largest absolute Gasteiger partial charge is 0.405 e. The lowest BCUT2D eigenvalue weighted by molar-refractivity contribution is -0.383. The van der Waals surface area contributed by atoms with E-state index in [1.54, 1.807) is 0 Å². The van der Waals surface area contributed by atoms with E-state index in [0.29, 0.717) is 16.2 Å². The molecule has 0 aliphatic rings. The average Bonchev–Trinajstić information content (AvgIpc) is 2.71. The molecule has 10 heteroatoms. The van der Waals surface area contributed by atoms with Gasteiger partial charge >= 0.3 is 11.9 Å². The maximum absolute atomic E-state index is 12.5. The molecule has 0 aliphatic heterocycles. The minimum atomic E-state index is -4.58. The highest BCUT2D eigenvalue weighted by atomic mass is 32.1.